The van der Waals surface area contributed by atoms with Crippen molar-refractivity contribution in [2.24, 2.45) is 5.73 Å². The molecule has 66 valence electrons. The number of thiol groups is 1. The number of hydrogen-bond donors (Lipinski definition) is 4. The highest BCUT2D eigenvalue weighted by Crippen LogP contribution is 2.02. The van der Waals surface area contributed by atoms with Crippen molar-refractivity contribution in [1.82, 2.24) is 9.97 Å². The minimum absolute atomic E-state index is 0.197. The topological polar surface area (TPSA) is 92.0 Å². The molecule has 0 radical (unpaired) electrons. The fourth-order valence-electron chi connectivity index (χ4n) is 0.766. The molecule has 4 N–H and O–H groups in total. The lowest BCUT2D eigenvalue weighted by Gasteiger charge is -2.02. The maximum Gasteiger partial charge on any atom is 0.320 e. The van der Waals surface area contributed by atoms with Gasteiger partial charge in [-0.1, -0.05) is 0 Å². The molecule has 0 aliphatic heterocycles. The summed E-state index contributed by atoms with van der Waals surface area (Å²) in [5.41, 5.74) is 5.93. The number of aromatic nitrogens is 2. The van der Waals surface area contributed by atoms with Gasteiger partial charge in [-0.25, -0.2) is 4.98 Å². The fourth-order valence-corrected chi connectivity index (χ4v) is 0.950. The van der Waals surface area contributed by atoms with Gasteiger partial charge in [-0.05, 0) is 0 Å². The fraction of sp³-hybridized carbons (Fsp3) is 0.333. The molecular weight excluding hydrogens is 178 g/mol. The summed E-state index contributed by atoms with van der Waals surface area (Å²) >= 11 is 0.720. The molecule has 1 aromatic heterocycles. The molecule has 0 unspecified atom stereocenters. The maximum absolute atomic E-state index is 10.4. The molecule has 1 atom stereocenters. The quantitative estimate of drug-likeness (QED) is 0.486. The van der Waals surface area contributed by atoms with Crippen LogP contribution in [0.1, 0.15) is 5.69 Å². The minimum atomic E-state index is -1.05. The van der Waals surface area contributed by atoms with E-state index in [9.17, 15) is 4.79 Å². The molecule has 0 spiro atoms. The molecule has 6 heteroatoms. The van der Waals surface area contributed by atoms with Crippen LogP contribution in [0.2, 0.25) is 0 Å². The van der Waals surface area contributed by atoms with Gasteiger partial charge in [-0.3, -0.25) is 4.79 Å². The number of H-pyrrole nitrogens is 1. The first-order valence-corrected chi connectivity index (χ1v) is 3.69. The Morgan fingerprint density at radius 1 is 2.08 bits per heavy atom. The molecule has 0 aliphatic carbocycles. The summed E-state index contributed by atoms with van der Waals surface area (Å²) in [5, 5.41) is 8.94. The van der Waals surface area contributed by atoms with E-state index >= 15 is 0 Å². The number of nitrogens with zero attached hydrogens (tertiary/aromatic N) is 1. The smallest absolute Gasteiger partial charge is 0.320 e. The molecule has 0 saturated heterocycles. The van der Waals surface area contributed by atoms with E-state index in [-0.39, 0.29) is 6.42 Å². The van der Waals surface area contributed by atoms with Gasteiger partial charge in [-0.2, -0.15) is 0 Å². The number of aromatic amines is 1. The van der Waals surface area contributed by atoms with Crippen molar-refractivity contribution in [2.75, 3.05) is 0 Å². The average molecular weight is 188 g/mol. The van der Waals surface area contributed by atoms with Gasteiger partial charge in [0.05, 0.1) is 0 Å². The Balaban J connectivity index is 2.58. The van der Waals surface area contributed by atoms with Crippen LogP contribution in [0.3, 0.4) is 0 Å². The van der Waals surface area contributed by atoms with Gasteiger partial charge in [0.1, 0.15) is 7.17 Å². The van der Waals surface area contributed by atoms with Crippen LogP contribution in [-0.4, -0.2) is 28.2 Å². The van der Waals surface area contributed by atoms with Crippen LogP contribution >= 0.6 is 12.5 Å². The summed E-state index contributed by atoms with van der Waals surface area (Å²) in [7, 11) is 0. The number of rotatable bonds is 4. The van der Waals surface area contributed by atoms with E-state index in [2.05, 4.69) is 9.97 Å². The molecule has 1 rings (SSSR count). The first kappa shape index (κ1) is 7.63. The van der Waals surface area contributed by atoms with E-state index in [1.807, 2.05) is 0 Å². The number of nitrogens with one attached hydrogen (secondary N) is 1. The molecule has 0 saturated carbocycles. The lowest BCUT2D eigenvalue weighted by molar-refractivity contribution is -0.138. The van der Waals surface area contributed by atoms with E-state index in [1.54, 1.807) is 0 Å². The van der Waals surface area contributed by atoms with Crippen molar-refractivity contribution in [3.63, 3.8) is 0 Å². The van der Waals surface area contributed by atoms with Gasteiger partial charge in [-0.15, -0.1) is 12.5 Å². The lowest BCUT2D eigenvalue weighted by Crippen LogP contribution is -2.32. The molecule has 12 heavy (non-hydrogen) atoms. The molecule has 0 aliphatic rings. The van der Waals surface area contributed by atoms with Crippen LogP contribution in [0.15, 0.2) is 11.4 Å². The largest absolute Gasteiger partial charge is 0.480 e. The first-order valence-electron chi connectivity index (χ1n) is 3.69. The number of carbonyl (C=O) groups is 1. The number of aliphatic carboxylic acids is 1. The van der Waals surface area contributed by atoms with Gasteiger partial charge >= 0.3 is 5.97 Å². The Bertz CT molecular complexity index is 304. The Morgan fingerprint density at radius 2 is 2.83 bits per heavy atom. The van der Waals surface area contributed by atoms with Gasteiger partial charge in [0.15, 0.2) is 5.16 Å². The summed E-state index contributed by atoms with van der Waals surface area (Å²) in [6.07, 6.45) is 1.68. The first-order chi connectivity index (χ1) is 6.13. The second-order valence-electron chi connectivity index (χ2n) is 2.36. The number of imidazole rings is 1. The third-order valence-electron chi connectivity index (χ3n) is 1.36. The predicted octanol–water partition coefficient (Wildman–Crippen LogP) is -0.347. The van der Waals surface area contributed by atoms with Gasteiger partial charge in [0.25, 0.3) is 0 Å². The molecule has 0 aromatic carbocycles. The highest BCUT2D eigenvalue weighted by Gasteiger charge is 2.12. The third kappa shape index (κ3) is 2.24. The van der Waals surface area contributed by atoms with Crippen molar-refractivity contribution >= 4 is 18.5 Å². The standard InChI is InChI=1S/C6H9N3O2S/c7-4(5(10)11)1-3-2-8-6(12)9-3/h2,4H,1,7H2,(H,10,11)(H2,8,9,12)/t4-/m0/s1/i/hD. The Labute approximate surface area is 75.5 Å². The van der Waals surface area contributed by atoms with Crippen LogP contribution in [0, 0.1) is 0 Å². The molecule has 0 bridgehead atoms. The van der Waals surface area contributed by atoms with Gasteiger partial charge in [0, 0.05) is 18.3 Å². The monoisotopic (exact) mass is 188 g/mol. The summed E-state index contributed by atoms with van der Waals surface area (Å²) < 4.78 is 6.90. The zero-order valence-electron chi connectivity index (χ0n) is 7.15. The van der Waals surface area contributed by atoms with Crippen molar-refractivity contribution in [2.45, 2.75) is 17.6 Å². The zero-order valence-corrected chi connectivity index (χ0v) is 6.97. The van der Waals surface area contributed by atoms with E-state index in [0.29, 0.717) is 10.9 Å². The minimum Gasteiger partial charge on any atom is -0.480 e. The number of nitrogens with two attached hydrogens (primary N) is 1. The van der Waals surface area contributed by atoms with Crippen molar-refractivity contribution < 1.29 is 9.90 Å². The second kappa shape index (κ2) is 3.59. The number of carboxylic acids is 1. The van der Waals surface area contributed by atoms with Crippen molar-refractivity contribution in [1.29, 1.82) is 1.12 Å². The van der Waals surface area contributed by atoms with E-state index in [0.717, 1.165) is 12.5 Å². The van der Waals surface area contributed by atoms with Crippen molar-refractivity contribution in [3.8, 4) is 0 Å². The molecule has 1 aromatic rings. The number of carboxylic acid groups (broad SMARTS) is 1. The van der Waals surface area contributed by atoms with Crippen LogP contribution in [0.5, 0.6) is 0 Å². The second-order valence-corrected chi connectivity index (χ2v) is 2.75. The average Bonchev–Trinajstić information content (AvgIpc) is 2.52. The zero-order chi connectivity index (χ0) is 9.84. The van der Waals surface area contributed by atoms with E-state index < -0.39 is 12.0 Å². The van der Waals surface area contributed by atoms with Crippen LogP contribution in [0.4, 0.5) is 0 Å². The van der Waals surface area contributed by atoms with E-state index in [1.165, 1.54) is 6.20 Å². The highest BCUT2D eigenvalue weighted by molar-refractivity contribution is 7.80. The third-order valence-corrected chi connectivity index (χ3v) is 1.57. The Hall–Kier alpha value is -1.01. The Morgan fingerprint density at radius 3 is 3.33 bits per heavy atom. The summed E-state index contributed by atoms with van der Waals surface area (Å²) in [4.78, 5) is 17.0. The predicted molar refractivity (Wildman–Crippen MR) is 45.2 cm³/mol. The molecule has 1 heterocycles. The Kier molecular flexibility index (Phi) is 2.28. The summed E-state index contributed by atoms with van der Waals surface area (Å²) in [6, 6.07) is -0.927. The summed E-state index contributed by atoms with van der Waals surface area (Å²) in [6.45, 7) is 0. The number of hydrogen-bond acceptors (Lipinski definition) is 4. The van der Waals surface area contributed by atoms with Crippen LogP contribution in [0.25, 0.3) is 0 Å². The highest BCUT2D eigenvalue weighted by atomic mass is 32.1. The van der Waals surface area contributed by atoms with Gasteiger partial charge in [0.2, 0.25) is 0 Å². The maximum atomic E-state index is 10.4. The molecule has 0 amide bonds. The van der Waals surface area contributed by atoms with Crippen LogP contribution in [-0.2, 0) is 11.2 Å². The normalized spacial score (nSPS) is 13.9. The van der Waals surface area contributed by atoms with Crippen molar-refractivity contribution in [3.05, 3.63) is 11.9 Å². The van der Waals surface area contributed by atoms with Crippen LogP contribution < -0.4 is 5.73 Å². The summed E-state index contributed by atoms with van der Waals surface area (Å²) in [5.74, 6) is -1.05. The molecule has 0 fully saturated rings. The molecule has 5 nitrogen and oxygen atoms in total. The lowest BCUT2D eigenvalue weighted by atomic mass is 10.2. The molecular formula is C6H9N3O2S. The SMILES string of the molecule is [2H]Sc1ncc(C[C@H](N)C(=O)O)[nH]1. The van der Waals surface area contributed by atoms with Gasteiger partial charge < -0.3 is 15.8 Å². The van der Waals surface area contributed by atoms with E-state index in [4.69, 9.17) is 12.0 Å².